The number of benzene rings is 1. The molecule has 2 heterocycles. The van der Waals surface area contributed by atoms with Gasteiger partial charge in [0.1, 0.15) is 11.6 Å². The lowest BCUT2D eigenvalue weighted by atomic mass is 9.85. The molecule has 3 nitrogen and oxygen atoms in total. The Labute approximate surface area is 105 Å². The predicted molar refractivity (Wildman–Crippen MR) is 63.3 cm³/mol. The summed E-state index contributed by atoms with van der Waals surface area (Å²) in [4.78, 5) is 2.24. The van der Waals surface area contributed by atoms with Gasteiger partial charge < -0.3 is 10.1 Å². The number of nitrogens with one attached hydrogen (secondary N) is 1. The van der Waals surface area contributed by atoms with Crippen LogP contribution >= 0.6 is 0 Å². The van der Waals surface area contributed by atoms with E-state index in [1.54, 1.807) is 6.07 Å². The second-order valence-corrected chi connectivity index (χ2v) is 4.89. The van der Waals surface area contributed by atoms with Crippen molar-refractivity contribution in [1.82, 2.24) is 10.2 Å². The number of rotatable bonds is 2. The maximum Gasteiger partial charge on any atom is 0.131 e. The van der Waals surface area contributed by atoms with Crippen molar-refractivity contribution >= 4 is 0 Å². The van der Waals surface area contributed by atoms with E-state index in [9.17, 15) is 8.78 Å². The van der Waals surface area contributed by atoms with Gasteiger partial charge in [0.25, 0.3) is 0 Å². The molecule has 18 heavy (non-hydrogen) atoms. The van der Waals surface area contributed by atoms with Gasteiger partial charge >= 0.3 is 0 Å². The number of ether oxygens (including phenoxy) is 1. The van der Waals surface area contributed by atoms with Crippen LogP contribution in [-0.4, -0.2) is 44.3 Å². The fourth-order valence-corrected chi connectivity index (χ4v) is 2.76. The van der Waals surface area contributed by atoms with Gasteiger partial charge in [0.05, 0.1) is 18.8 Å². The summed E-state index contributed by atoms with van der Waals surface area (Å²) in [7, 11) is 0. The van der Waals surface area contributed by atoms with Crippen molar-refractivity contribution in [1.29, 1.82) is 0 Å². The molecule has 0 aliphatic carbocycles. The molecule has 1 aromatic carbocycles. The lowest BCUT2D eigenvalue weighted by Gasteiger charge is -2.51. The molecular formula is C13H16F2N2O. The molecule has 1 aromatic rings. The SMILES string of the molecule is Fc1ccc(C2(N3CCNCC3)COC2)c(F)c1. The van der Waals surface area contributed by atoms with E-state index in [1.807, 2.05) is 0 Å². The van der Waals surface area contributed by atoms with Crippen molar-refractivity contribution in [2.45, 2.75) is 5.54 Å². The fourth-order valence-electron chi connectivity index (χ4n) is 2.76. The van der Waals surface area contributed by atoms with E-state index in [4.69, 9.17) is 4.74 Å². The molecule has 2 saturated heterocycles. The zero-order valence-electron chi connectivity index (χ0n) is 10.1. The molecule has 5 heteroatoms. The molecule has 0 atom stereocenters. The predicted octanol–water partition coefficient (Wildman–Crippen LogP) is 1.10. The van der Waals surface area contributed by atoms with Gasteiger partial charge in [-0.1, -0.05) is 6.07 Å². The van der Waals surface area contributed by atoms with Gasteiger partial charge in [0, 0.05) is 37.8 Å². The minimum atomic E-state index is -0.535. The van der Waals surface area contributed by atoms with Crippen molar-refractivity contribution in [3.63, 3.8) is 0 Å². The monoisotopic (exact) mass is 254 g/mol. The number of hydrogen-bond acceptors (Lipinski definition) is 3. The van der Waals surface area contributed by atoms with Gasteiger partial charge in [-0.05, 0) is 6.07 Å². The molecule has 0 spiro atoms. The van der Waals surface area contributed by atoms with Crippen LogP contribution in [0, 0.1) is 11.6 Å². The van der Waals surface area contributed by atoms with E-state index in [1.165, 1.54) is 6.07 Å². The van der Waals surface area contributed by atoms with Crippen LogP contribution in [0.15, 0.2) is 18.2 Å². The van der Waals surface area contributed by atoms with Crippen molar-refractivity contribution in [3.8, 4) is 0 Å². The molecule has 0 unspecified atom stereocenters. The maximum absolute atomic E-state index is 14.0. The van der Waals surface area contributed by atoms with Crippen LogP contribution in [0.25, 0.3) is 0 Å². The zero-order valence-corrected chi connectivity index (χ0v) is 10.1. The van der Waals surface area contributed by atoms with Crippen molar-refractivity contribution in [2.24, 2.45) is 0 Å². The summed E-state index contributed by atoms with van der Waals surface area (Å²) in [5.74, 6) is -1.01. The van der Waals surface area contributed by atoms with Crippen molar-refractivity contribution in [2.75, 3.05) is 39.4 Å². The van der Waals surface area contributed by atoms with E-state index in [-0.39, 0.29) is 0 Å². The normalized spacial score (nSPS) is 23.7. The van der Waals surface area contributed by atoms with E-state index < -0.39 is 17.2 Å². The van der Waals surface area contributed by atoms with Gasteiger partial charge in [0.2, 0.25) is 0 Å². The van der Waals surface area contributed by atoms with Gasteiger partial charge in [-0.25, -0.2) is 8.78 Å². The molecular weight excluding hydrogens is 238 g/mol. The minimum Gasteiger partial charge on any atom is -0.377 e. The lowest BCUT2D eigenvalue weighted by Crippen LogP contribution is -2.63. The minimum absolute atomic E-state index is 0.403. The Morgan fingerprint density at radius 3 is 2.44 bits per heavy atom. The van der Waals surface area contributed by atoms with Gasteiger partial charge in [0.15, 0.2) is 0 Å². The maximum atomic E-state index is 14.0. The Kier molecular flexibility index (Phi) is 3.05. The summed E-state index contributed by atoms with van der Waals surface area (Å²) >= 11 is 0. The zero-order chi connectivity index (χ0) is 12.6. The Balaban J connectivity index is 1.94. The van der Waals surface area contributed by atoms with Crippen LogP contribution in [-0.2, 0) is 10.3 Å². The molecule has 3 rings (SSSR count). The molecule has 0 amide bonds. The fraction of sp³-hybridized carbons (Fsp3) is 0.538. The standard InChI is InChI=1S/C13H16F2N2O/c14-10-1-2-11(12(15)7-10)13(8-18-9-13)17-5-3-16-4-6-17/h1-2,7,16H,3-6,8-9H2. The third-order valence-electron chi connectivity index (χ3n) is 3.84. The summed E-state index contributed by atoms with van der Waals surface area (Å²) < 4.78 is 32.3. The first-order valence-corrected chi connectivity index (χ1v) is 6.21. The summed E-state index contributed by atoms with van der Waals surface area (Å²) in [6, 6.07) is 3.83. The highest BCUT2D eigenvalue weighted by molar-refractivity contribution is 5.29. The van der Waals surface area contributed by atoms with E-state index in [2.05, 4.69) is 10.2 Å². The first kappa shape index (κ1) is 12.0. The van der Waals surface area contributed by atoms with Crippen LogP contribution < -0.4 is 5.32 Å². The van der Waals surface area contributed by atoms with Crippen LogP contribution in [0.3, 0.4) is 0 Å². The second kappa shape index (κ2) is 4.57. The lowest BCUT2D eigenvalue weighted by molar-refractivity contribution is -0.151. The smallest absolute Gasteiger partial charge is 0.131 e. The van der Waals surface area contributed by atoms with Crippen LogP contribution in [0.1, 0.15) is 5.56 Å². The highest BCUT2D eigenvalue weighted by Crippen LogP contribution is 2.37. The molecule has 1 N–H and O–H groups in total. The Hall–Kier alpha value is -1.04. The number of piperazine rings is 1. The third kappa shape index (κ3) is 1.83. The first-order valence-electron chi connectivity index (χ1n) is 6.21. The van der Waals surface area contributed by atoms with Crippen LogP contribution in [0.5, 0.6) is 0 Å². The summed E-state index contributed by atoms with van der Waals surface area (Å²) in [6.45, 7) is 4.47. The molecule has 0 aromatic heterocycles. The Bertz CT molecular complexity index is 443. The molecule has 2 aliphatic rings. The van der Waals surface area contributed by atoms with Crippen molar-refractivity contribution in [3.05, 3.63) is 35.4 Å². The number of hydrogen-bond donors (Lipinski definition) is 1. The average molecular weight is 254 g/mol. The molecule has 0 bridgehead atoms. The van der Waals surface area contributed by atoms with Gasteiger partial charge in [-0.3, -0.25) is 4.90 Å². The largest absolute Gasteiger partial charge is 0.377 e. The van der Waals surface area contributed by atoms with Crippen LogP contribution in [0.2, 0.25) is 0 Å². The summed E-state index contributed by atoms with van der Waals surface area (Å²) in [6.07, 6.45) is 0. The van der Waals surface area contributed by atoms with Crippen molar-refractivity contribution < 1.29 is 13.5 Å². The summed E-state index contributed by atoms with van der Waals surface area (Å²) in [5.41, 5.74) is 0.150. The van der Waals surface area contributed by atoms with Gasteiger partial charge in [-0.15, -0.1) is 0 Å². The topological polar surface area (TPSA) is 24.5 Å². The molecule has 0 saturated carbocycles. The molecule has 2 aliphatic heterocycles. The second-order valence-electron chi connectivity index (χ2n) is 4.89. The Morgan fingerprint density at radius 1 is 1.17 bits per heavy atom. The first-order chi connectivity index (χ1) is 8.72. The van der Waals surface area contributed by atoms with E-state index in [0.717, 1.165) is 32.2 Å². The number of nitrogens with zero attached hydrogens (tertiary/aromatic N) is 1. The van der Waals surface area contributed by atoms with Gasteiger partial charge in [-0.2, -0.15) is 0 Å². The van der Waals surface area contributed by atoms with Crippen LogP contribution in [0.4, 0.5) is 8.78 Å². The average Bonchev–Trinajstić information content (AvgIpc) is 2.32. The summed E-state index contributed by atoms with van der Waals surface area (Å²) in [5, 5.41) is 3.27. The molecule has 0 radical (unpaired) electrons. The van der Waals surface area contributed by atoms with E-state index in [0.29, 0.717) is 18.8 Å². The number of halogens is 2. The molecule has 2 fully saturated rings. The molecule has 98 valence electrons. The highest BCUT2D eigenvalue weighted by atomic mass is 19.1. The van der Waals surface area contributed by atoms with E-state index >= 15 is 0 Å². The Morgan fingerprint density at radius 2 is 1.89 bits per heavy atom. The highest BCUT2D eigenvalue weighted by Gasteiger charge is 2.47. The third-order valence-corrected chi connectivity index (χ3v) is 3.84. The quantitative estimate of drug-likeness (QED) is 0.855.